The Balaban J connectivity index is 1.82. The first kappa shape index (κ1) is 18.0. The minimum absolute atomic E-state index is 0.0111. The number of aryl methyl sites for hydroxylation is 1. The molecule has 3 heterocycles. The molecular weight excluding hydrogens is 376 g/mol. The van der Waals surface area contributed by atoms with E-state index < -0.39 is 0 Å². The molecule has 2 atom stereocenters. The Hall–Kier alpha value is -2.37. The maximum atomic E-state index is 6.22. The minimum Gasteiger partial charge on any atom is -0.352 e. The van der Waals surface area contributed by atoms with Crippen molar-refractivity contribution in [2.24, 2.45) is 0 Å². The van der Waals surface area contributed by atoms with Crippen LogP contribution in [0.3, 0.4) is 0 Å². The third-order valence-electron chi connectivity index (χ3n) is 5.19. The fourth-order valence-corrected chi connectivity index (χ4v) is 4.37. The molecule has 4 rings (SSSR count). The number of thiocarbonyl (C=S) groups is 1. The van der Waals surface area contributed by atoms with Crippen molar-refractivity contribution in [1.29, 1.82) is 0 Å². The van der Waals surface area contributed by atoms with E-state index in [1.807, 2.05) is 49.6 Å². The van der Waals surface area contributed by atoms with E-state index in [4.69, 9.17) is 23.8 Å². The lowest BCUT2D eigenvalue weighted by atomic mass is 9.97. The van der Waals surface area contributed by atoms with Gasteiger partial charge in [0.1, 0.15) is 0 Å². The number of rotatable bonds is 3. The second kappa shape index (κ2) is 6.98. The molecule has 1 N–H and O–H groups in total. The van der Waals surface area contributed by atoms with Gasteiger partial charge in [0.25, 0.3) is 0 Å². The summed E-state index contributed by atoms with van der Waals surface area (Å²) in [4.78, 5) is 6.68. The molecule has 0 saturated carbocycles. The predicted molar refractivity (Wildman–Crippen MR) is 113 cm³/mol. The van der Waals surface area contributed by atoms with E-state index in [0.29, 0.717) is 0 Å². The number of halogens is 1. The lowest BCUT2D eigenvalue weighted by Gasteiger charge is -2.24. The van der Waals surface area contributed by atoms with Gasteiger partial charge in [-0.3, -0.25) is 4.98 Å². The largest absolute Gasteiger partial charge is 0.352 e. The van der Waals surface area contributed by atoms with Crippen molar-refractivity contribution in [3.8, 4) is 5.69 Å². The SMILES string of the molecule is Cc1cc([C@@H]2[C@@H](c3ccccn3)NC(=S)N2C)c(C)n1-c1cccc(Cl)c1. The summed E-state index contributed by atoms with van der Waals surface area (Å²) in [5, 5.41) is 4.91. The van der Waals surface area contributed by atoms with Gasteiger partial charge < -0.3 is 14.8 Å². The second-order valence-corrected chi connectivity index (χ2v) is 7.70. The van der Waals surface area contributed by atoms with Gasteiger partial charge in [0.2, 0.25) is 0 Å². The minimum atomic E-state index is 0.0111. The fourth-order valence-electron chi connectivity index (χ4n) is 3.95. The first-order valence-electron chi connectivity index (χ1n) is 8.86. The Morgan fingerprint density at radius 3 is 2.63 bits per heavy atom. The highest BCUT2D eigenvalue weighted by atomic mass is 35.5. The molecule has 1 fully saturated rings. The average molecular weight is 397 g/mol. The van der Waals surface area contributed by atoms with Crippen molar-refractivity contribution in [2.75, 3.05) is 7.05 Å². The quantitative estimate of drug-likeness (QED) is 0.648. The monoisotopic (exact) mass is 396 g/mol. The number of hydrogen-bond donors (Lipinski definition) is 1. The van der Waals surface area contributed by atoms with Crippen molar-refractivity contribution in [3.63, 3.8) is 0 Å². The van der Waals surface area contributed by atoms with Gasteiger partial charge in [0.05, 0.1) is 17.8 Å². The van der Waals surface area contributed by atoms with Gasteiger partial charge in [-0.15, -0.1) is 0 Å². The van der Waals surface area contributed by atoms with Crippen LogP contribution in [0.1, 0.15) is 34.7 Å². The molecule has 0 spiro atoms. The number of aromatic nitrogens is 2. The van der Waals surface area contributed by atoms with Crippen molar-refractivity contribution >= 4 is 28.9 Å². The molecule has 4 nitrogen and oxygen atoms in total. The van der Waals surface area contributed by atoms with Gasteiger partial charge in [0.15, 0.2) is 5.11 Å². The molecule has 2 aromatic heterocycles. The van der Waals surface area contributed by atoms with Crippen molar-refractivity contribution in [2.45, 2.75) is 25.9 Å². The smallest absolute Gasteiger partial charge is 0.169 e. The van der Waals surface area contributed by atoms with Gasteiger partial charge in [0, 0.05) is 35.3 Å². The first-order valence-corrected chi connectivity index (χ1v) is 9.65. The van der Waals surface area contributed by atoms with Crippen LogP contribution in [0.4, 0.5) is 0 Å². The van der Waals surface area contributed by atoms with Gasteiger partial charge in [-0.25, -0.2) is 0 Å². The molecule has 1 aliphatic rings. The van der Waals surface area contributed by atoms with E-state index in [0.717, 1.165) is 27.2 Å². The van der Waals surface area contributed by atoms with Crippen LogP contribution < -0.4 is 5.32 Å². The van der Waals surface area contributed by atoms with Crippen LogP contribution in [0.25, 0.3) is 5.69 Å². The maximum absolute atomic E-state index is 6.22. The highest BCUT2D eigenvalue weighted by Crippen LogP contribution is 2.40. The van der Waals surface area contributed by atoms with Crippen molar-refractivity contribution in [3.05, 3.63) is 82.4 Å². The number of hydrogen-bond acceptors (Lipinski definition) is 2. The summed E-state index contributed by atoms with van der Waals surface area (Å²) in [7, 11) is 2.04. The van der Waals surface area contributed by atoms with Gasteiger partial charge in [-0.2, -0.15) is 0 Å². The average Bonchev–Trinajstić information content (AvgIpc) is 3.11. The third-order valence-corrected chi connectivity index (χ3v) is 5.83. The molecule has 0 radical (unpaired) electrons. The van der Waals surface area contributed by atoms with Gasteiger partial charge in [-0.05, 0) is 68.0 Å². The topological polar surface area (TPSA) is 33.1 Å². The van der Waals surface area contributed by atoms with E-state index in [9.17, 15) is 0 Å². The number of benzene rings is 1. The molecule has 138 valence electrons. The maximum Gasteiger partial charge on any atom is 0.169 e. The lowest BCUT2D eigenvalue weighted by molar-refractivity contribution is 0.367. The highest BCUT2D eigenvalue weighted by Gasteiger charge is 2.39. The summed E-state index contributed by atoms with van der Waals surface area (Å²) in [6.45, 7) is 4.27. The summed E-state index contributed by atoms with van der Waals surface area (Å²) < 4.78 is 2.24. The van der Waals surface area contributed by atoms with E-state index in [1.165, 1.54) is 11.3 Å². The molecule has 1 saturated heterocycles. The summed E-state index contributed by atoms with van der Waals surface area (Å²) in [6, 6.07) is 16.2. The van der Waals surface area contributed by atoms with E-state index in [2.05, 4.69) is 45.7 Å². The van der Waals surface area contributed by atoms with Crippen LogP contribution in [0.15, 0.2) is 54.7 Å². The molecule has 0 unspecified atom stereocenters. The molecule has 1 aliphatic heterocycles. The molecule has 6 heteroatoms. The molecule has 0 bridgehead atoms. The van der Waals surface area contributed by atoms with Crippen molar-refractivity contribution in [1.82, 2.24) is 19.8 Å². The van der Waals surface area contributed by atoms with Crippen LogP contribution >= 0.6 is 23.8 Å². The van der Waals surface area contributed by atoms with Crippen molar-refractivity contribution < 1.29 is 0 Å². The molecule has 27 heavy (non-hydrogen) atoms. The van der Waals surface area contributed by atoms with Crippen LogP contribution in [0.5, 0.6) is 0 Å². The van der Waals surface area contributed by atoms with E-state index in [-0.39, 0.29) is 12.1 Å². The Morgan fingerprint density at radius 2 is 1.93 bits per heavy atom. The molecule has 0 aliphatic carbocycles. The summed E-state index contributed by atoms with van der Waals surface area (Å²) >= 11 is 11.8. The summed E-state index contributed by atoms with van der Waals surface area (Å²) in [5.41, 5.74) is 5.63. The van der Waals surface area contributed by atoms with Gasteiger partial charge in [-0.1, -0.05) is 23.7 Å². The Morgan fingerprint density at radius 1 is 1.11 bits per heavy atom. The normalized spacial score (nSPS) is 19.4. The Kier molecular flexibility index (Phi) is 4.66. The zero-order valence-electron chi connectivity index (χ0n) is 15.5. The number of likely N-dealkylation sites (N-methyl/N-ethyl adjacent to an activating group) is 1. The molecule has 1 aromatic carbocycles. The van der Waals surface area contributed by atoms with E-state index >= 15 is 0 Å². The second-order valence-electron chi connectivity index (χ2n) is 6.88. The fraction of sp³-hybridized carbons (Fsp3) is 0.238. The standard InChI is InChI=1S/C21H21ClN4S/c1-13-11-17(14(2)26(13)16-8-6-7-15(22)12-16)20-19(24-21(27)25(20)3)18-9-4-5-10-23-18/h4-12,19-20H,1-3H3,(H,24,27)/t19-,20-/m1/s1. The zero-order chi connectivity index (χ0) is 19.1. The highest BCUT2D eigenvalue weighted by molar-refractivity contribution is 7.80. The molecule has 3 aromatic rings. The zero-order valence-corrected chi connectivity index (χ0v) is 17.1. The number of nitrogens with one attached hydrogen (secondary N) is 1. The molecular formula is C21H21ClN4S. The van der Waals surface area contributed by atoms with Crippen LogP contribution in [-0.2, 0) is 0 Å². The Labute approximate surface area is 169 Å². The number of pyridine rings is 1. The van der Waals surface area contributed by atoms with Crippen LogP contribution in [-0.4, -0.2) is 26.6 Å². The van der Waals surface area contributed by atoms with Crippen LogP contribution in [0.2, 0.25) is 5.02 Å². The lowest BCUT2D eigenvalue weighted by Crippen LogP contribution is -2.25. The molecule has 0 amide bonds. The summed E-state index contributed by atoms with van der Waals surface area (Å²) in [5.74, 6) is 0. The number of nitrogens with zero attached hydrogens (tertiary/aromatic N) is 3. The predicted octanol–water partition coefficient (Wildman–Crippen LogP) is 4.74. The van der Waals surface area contributed by atoms with E-state index in [1.54, 1.807) is 0 Å². The third kappa shape index (κ3) is 3.11. The first-order chi connectivity index (χ1) is 13.0. The Bertz CT molecular complexity index is 999. The summed E-state index contributed by atoms with van der Waals surface area (Å²) in [6.07, 6.45) is 1.82. The van der Waals surface area contributed by atoms with Gasteiger partial charge >= 0.3 is 0 Å². The van der Waals surface area contributed by atoms with Crippen LogP contribution in [0, 0.1) is 13.8 Å².